The van der Waals surface area contributed by atoms with Crippen molar-refractivity contribution in [2.45, 2.75) is 57.7 Å². The fourth-order valence-electron chi connectivity index (χ4n) is 3.63. The van der Waals surface area contributed by atoms with Gasteiger partial charge in [0.25, 0.3) is 0 Å². The van der Waals surface area contributed by atoms with Crippen LogP contribution in [-0.2, 0) is 18.9 Å². The van der Waals surface area contributed by atoms with Gasteiger partial charge >= 0.3 is 12.4 Å². The van der Waals surface area contributed by atoms with Crippen molar-refractivity contribution in [3.8, 4) is 0 Å². The first-order valence-corrected chi connectivity index (χ1v) is 9.19. The summed E-state index contributed by atoms with van der Waals surface area (Å²) in [5, 5.41) is 8.17. The maximum Gasteiger partial charge on any atom is 0.416 e. The molecule has 2 atom stereocenters. The SMILES string of the molecule is C/C=N\C(=N)N(Cc1cc(C(F)(F)F)cc(C(F)(F)F)c1)C1C[C@@H](CC)N(C)C1. The van der Waals surface area contributed by atoms with Crippen molar-refractivity contribution < 1.29 is 26.3 Å². The number of hydrogen-bond acceptors (Lipinski definition) is 2. The predicted octanol–water partition coefficient (Wildman–Crippen LogP) is 5.03. The lowest BCUT2D eigenvalue weighted by molar-refractivity contribution is -0.143. The zero-order valence-electron chi connectivity index (χ0n) is 16.4. The van der Waals surface area contributed by atoms with Gasteiger partial charge in [-0.05, 0) is 50.6 Å². The molecule has 162 valence electrons. The second kappa shape index (κ2) is 8.73. The van der Waals surface area contributed by atoms with Crippen molar-refractivity contribution >= 4 is 12.2 Å². The summed E-state index contributed by atoms with van der Waals surface area (Å²) in [5.74, 6) is -0.186. The van der Waals surface area contributed by atoms with Crippen LogP contribution >= 0.6 is 0 Å². The Morgan fingerprint density at radius 1 is 1.17 bits per heavy atom. The molecule has 1 aromatic carbocycles. The highest BCUT2D eigenvalue weighted by atomic mass is 19.4. The molecule has 1 aliphatic heterocycles. The number of alkyl halides is 6. The normalized spacial score (nSPS) is 21.1. The Hall–Kier alpha value is -2.10. The zero-order valence-corrected chi connectivity index (χ0v) is 16.4. The molecule has 1 fully saturated rings. The van der Waals surface area contributed by atoms with E-state index in [0.717, 1.165) is 6.42 Å². The number of nitrogens with one attached hydrogen (secondary N) is 1. The van der Waals surface area contributed by atoms with E-state index in [-0.39, 0.29) is 36.2 Å². The van der Waals surface area contributed by atoms with E-state index in [1.165, 1.54) is 11.1 Å². The maximum absolute atomic E-state index is 13.1. The Morgan fingerprint density at radius 3 is 2.14 bits per heavy atom. The molecule has 0 saturated carbocycles. The van der Waals surface area contributed by atoms with Gasteiger partial charge in [0.2, 0.25) is 5.96 Å². The van der Waals surface area contributed by atoms with Crippen molar-refractivity contribution in [2.75, 3.05) is 13.6 Å². The van der Waals surface area contributed by atoms with Crippen LogP contribution in [0.1, 0.15) is 43.4 Å². The van der Waals surface area contributed by atoms with Gasteiger partial charge in [0.1, 0.15) is 0 Å². The van der Waals surface area contributed by atoms with Gasteiger partial charge in [0.05, 0.1) is 11.1 Å². The summed E-state index contributed by atoms with van der Waals surface area (Å²) in [7, 11) is 1.91. The minimum absolute atomic E-state index is 0.111. The summed E-state index contributed by atoms with van der Waals surface area (Å²) in [4.78, 5) is 7.46. The Labute approximate surface area is 165 Å². The minimum atomic E-state index is -4.91. The van der Waals surface area contributed by atoms with Crippen LogP contribution < -0.4 is 0 Å². The van der Waals surface area contributed by atoms with Crippen LogP contribution in [0, 0.1) is 5.41 Å². The number of likely N-dealkylation sites (N-methyl/N-ethyl adjacent to an activating group) is 1. The van der Waals surface area contributed by atoms with Gasteiger partial charge in [-0.3, -0.25) is 5.41 Å². The Balaban J connectivity index is 2.43. The summed E-state index contributed by atoms with van der Waals surface area (Å²) in [6.07, 6.45) is -6.93. The van der Waals surface area contributed by atoms with Crippen LogP contribution in [-0.4, -0.2) is 47.7 Å². The Bertz CT molecular complexity index is 724. The average molecular weight is 422 g/mol. The molecule has 0 radical (unpaired) electrons. The summed E-state index contributed by atoms with van der Waals surface area (Å²) < 4.78 is 78.9. The molecule has 1 aromatic rings. The lowest BCUT2D eigenvalue weighted by atomic mass is 10.0. The molecule has 0 spiro atoms. The maximum atomic E-state index is 13.1. The van der Waals surface area contributed by atoms with Gasteiger partial charge in [-0.1, -0.05) is 6.92 Å². The topological polar surface area (TPSA) is 42.7 Å². The van der Waals surface area contributed by atoms with Gasteiger partial charge in [-0.2, -0.15) is 26.3 Å². The molecule has 1 N–H and O–H groups in total. The van der Waals surface area contributed by atoms with Crippen molar-refractivity contribution in [1.82, 2.24) is 9.80 Å². The van der Waals surface area contributed by atoms with Gasteiger partial charge in [-0.15, -0.1) is 0 Å². The highest BCUT2D eigenvalue weighted by molar-refractivity contribution is 5.85. The van der Waals surface area contributed by atoms with Crippen molar-refractivity contribution in [3.63, 3.8) is 0 Å². The number of hydrogen-bond donors (Lipinski definition) is 1. The number of rotatable bonds is 4. The lowest BCUT2D eigenvalue weighted by Gasteiger charge is -2.29. The first-order chi connectivity index (χ1) is 13.4. The average Bonchev–Trinajstić information content (AvgIpc) is 2.98. The molecule has 1 saturated heterocycles. The standard InChI is InChI=1S/C19H24F6N4/c1-4-15-9-16(11-28(15)3)29(17(26)27-5-2)10-12-6-13(18(20,21)22)8-14(7-12)19(23,24)25/h5-8,15-16,26H,4,9-11H2,1-3H3/b26-17?,27-5-/t15-,16?/m1/s1. The number of nitrogens with zero attached hydrogens (tertiary/aromatic N) is 3. The third-order valence-electron chi connectivity index (χ3n) is 5.10. The number of aliphatic imine (C=N–C) groups is 1. The number of likely N-dealkylation sites (tertiary alicyclic amines) is 1. The lowest BCUT2D eigenvalue weighted by Crippen LogP contribution is -2.40. The highest BCUT2D eigenvalue weighted by Gasteiger charge is 2.38. The predicted molar refractivity (Wildman–Crippen MR) is 99.0 cm³/mol. The Kier molecular flexibility index (Phi) is 6.97. The molecule has 4 nitrogen and oxygen atoms in total. The third kappa shape index (κ3) is 5.71. The van der Waals surface area contributed by atoms with Gasteiger partial charge in [0.15, 0.2) is 0 Å². The van der Waals surface area contributed by atoms with E-state index >= 15 is 0 Å². The number of guanidine groups is 1. The molecular formula is C19H24F6N4. The van der Waals surface area contributed by atoms with Crippen LogP contribution in [0.3, 0.4) is 0 Å². The van der Waals surface area contributed by atoms with Crippen LogP contribution in [0.25, 0.3) is 0 Å². The third-order valence-corrected chi connectivity index (χ3v) is 5.10. The fourth-order valence-corrected chi connectivity index (χ4v) is 3.63. The first kappa shape index (κ1) is 23.2. The van der Waals surface area contributed by atoms with E-state index in [4.69, 9.17) is 5.41 Å². The van der Waals surface area contributed by atoms with Crippen LogP contribution in [0.2, 0.25) is 0 Å². The monoisotopic (exact) mass is 422 g/mol. The molecule has 0 amide bonds. The van der Waals surface area contributed by atoms with Crippen LogP contribution in [0.15, 0.2) is 23.2 Å². The summed E-state index contributed by atoms with van der Waals surface area (Å²) in [6.45, 7) is 3.88. The summed E-state index contributed by atoms with van der Waals surface area (Å²) in [6, 6.07) is 1.53. The second-order valence-corrected chi connectivity index (χ2v) is 7.14. The van der Waals surface area contributed by atoms with E-state index in [2.05, 4.69) is 9.89 Å². The van der Waals surface area contributed by atoms with E-state index in [1.807, 2.05) is 14.0 Å². The molecule has 10 heteroatoms. The summed E-state index contributed by atoms with van der Waals surface area (Å²) in [5.41, 5.74) is -2.88. The van der Waals surface area contributed by atoms with E-state index < -0.39 is 23.5 Å². The largest absolute Gasteiger partial charge is 0.416 e. The molecule has 29 heavy (non-hydrogen) atoms. The second-order valence-electron chi connectivity index (χ2n) is 7.14. The van der Waals surface area contributed by atoms with Crippen molar-refractivity contribution in [1.29, 1.82) is 5.41 Å². The molecule has 0 bridgehead atoms. The van der Waals surface area contributed by atoms with E-state index in [0.29, 0.717) is 25.1 Å². The van der Waals surface area contributed by atoms with Crippen LogP contribution in [0.4, 0.5) is 26.3 Å². The Morgan fingerprint density at radius 2 is 1.72 bits per heavy atom. The number of halogens is 6. The van der Waals surface area contributed by atoms with E-state index in [1.54, 1.807) is 6.92 Å². The molecule has 1 aliphatic rings. The molecule has 1 heterocycles. The molecule has 1 unspecified atom stereocenters. The highest BCUT2D eigenvalue weighted by Crippen LogP contribution is 2.37. The minimum Gasteiger partial charge on any atom is -0.333 e. The quantitative estimate of drug-likeness (QED) is 0.420. The molecular weight excluding hydrogens is 398 g/mol. The fraction of sp³-hybridized carbons (Fsp3) is 0.579. The van der Waals surface area contributed by atoms with Gasteiger partial charge in [0, 0.05) is 31.4 Å². The number of benzene rings is 1. The summed E-state index contributed by atoms with van der Waals surface area (Å²) >= 11 is 0. The molecule has 0 aliphatic carbocycles. The molecule has 2 rings (SSSR count). The zero-order chi connectivity index (χ0) is 22.0. The van der Waals surface area contributed by atoms with Crippen molar-refractivity contribution in [2.24, 2.45) is 4.99 Å². The van der Waals surface area contributed by atoms with Crippen molar-refractivity contribution in [3.05, 3.63) is 34.9 Å². The van der Waals surface area contributed by atoms with Gasteiger partial charge < -0.3 is 9.80 Å². The smallest absolute Gasteiger partial charge is 0.333 e. The first-order valence-electron chi connectivity index (χ1n) is 9.19. The molecule has 0 aromatic heterocycles. The van der Waals surface area contributed by atoms with Gasteiger partial charge in [-0.25, -0.2) is 4.99 Å². The van der Waals surface area contributed by atoms with Crippen LogP contribution in [0.5, 0.6) is 0 Å². The van der Waals surface area contributed by atoms with E-state index in [9.17, 15) is 26.3 Å².